The van der Waals surface area contributed by atoms with Crippen LogP contribution in [0.4, 0.5) is 0 Å². The molecule has 108 valence electrons. The van der Waals surface area contributed by atoms with Crippen molar-refractivity contribution in [3.63, 3.8) is 0 Å². The van der Waals surface area contributed by atoms with E-state index in [-0.39, 0.29) is 5.41 Å². The smallest absolute Gasteiger partial charge is 0.00148 e. The summed E-state index contributed by atoms with van der Waals surface area (Å²) >= 11 is 0. The first-order valence-electron chi connectivity index (χ1n) is 7.36. The molecule has 0 radical (unpaired) electrons. The van der Waals surface area contributed by atoms with Crippen LogP contribution in [0.15, 0.2) is 0 Å². The van der Waals surface area contributed by atoms with Gasteiger partial charge in [0.15, 0.2) is 0 Å². The maximum absolute atomic E-state index is 5.77. The van der Waals surface area contributed by atoms with E-state index in [1.807, 2.05) is 0 Å². The first kappa shape index (κ1) is 15.9. The minimum absolute atomic E-state index is 0.208. The molecule has 1 heterocycles. The second kappa shape index (κ2) is 6.36. The molecule has 0 aliphatic carbocycles. The van der Waals surface area contributed by atoms with Crippen LogP contribution in [-0.2, 0) is 0 Å². The van der Waals surface area contributed by atoms with Gasteiger partial charge in [-0.2, -0.15) is 0 Å². The second-order valence-electron chi connectivity index (χ2n) is 7.56. The van der Waals surface area contributed by atoms with E-state index in [2.05, 4.69) is 45.0 Å². The van der Waals surface area contributed by atoms with Crippen molar-refractivity contribution in [3.8, 4) is 0 Å². The summed E-state index contributed by atoms with van der Waals surface area (Å²) in [5, 5.41) is 3.63. The van der Waals surface area contributed by atoms with Gasteiger partial charge in [-0.1, -0.05) is 27.7 Å². The van der Waals surface area contributed by atoms with Crippen molar-refractivity contribution in [1.29, 1.82) is 0 Å². The minimum Gasteiger partial charge on any atom is -0.330 e. The zero-order valence-corrected chi connectivity index (χ0v) is 13.1. The van der Waals surface area contributed by atoms with Crippen LogP contribution in [-0.4, -0.2) is 44.7 Å². The molecular weight excluding hydrogens is 222 g/mol. The summed E-state index contributed by atoms with van der Waals surface area (Å²) in [6.07, 6.45) is 2.72. The van der Waals surface area contributed by atoms with E-state index in [0.29, 0.717) is 5.41 Å². The lowest BCUT2D eigenvalue weighted by atomic mass is 9.74. The SMILES string of the molecule is CN1CCCC(C(C)(C)CNCC(C)(C)CN)C1. The Labute approximate surface area is 113 Å². The number of nitrogens with two attached hydrogens (primary N) is 1. The Balaban J connectivity index is 2.39. The lowest BCUT2D eigenvalue weighted by Crippen LogP contribution is -2.46. The topological polar surface area (TPSA) is 41.3 Å². The summed E-state index contributed by atoms with van der Waals surface area (Å²) in [6.45, 7) is 14.6. The molecule has 3 heteroatoms. The number of likely N-dealkylation sites (tertiary alicyclic amines) is 1. The highest BCUT2D eigenvalue weighted by Gasteiger charge is 2.32. The lowest BCUT2D eigenvalue weighted by Gasteiger charge is -2.41. The van der Waals surface area contributed by atoms with Gasteiger partial charge in [-0.25, -0.2) is 0 Å². The Morgan fingerprint density at radius 3 is 2.44 bits per heavy atom. The third-order valence-corrected chi connectivity index (χ3v) is 4.47. The summed E-state index contributed by atoms with van der Waals surface area (Å²) in [5.41, 5.74) is 6.35. The molecule has 0 aromatic carbocycles. The largest absolute Gasteiger partial charge is 0.330 e. The first-order chi connectivity index (χ1) is 8.27. The van der Waals surface area contributed by atoms with Crippen LogP contribution in [0.5, 0.6) is 0 Å². The number of nitrogens with one attached hydrogen (secondary N) is 1. The van der Waals surface area contributed by atoms with E-state index in [1.165, 1.54) is 25.9 Å². The molecule has 0 spiro atoms. The predicted octanol–water partition coefficient (Wildman–Crippen LogP) is 1.93. The maximum atomic E-state index is 5.77. The van der Waals surface area contributed by atoms with E-state index in [4.69, 9.17) is 5.73 Å². The van der Waals surface area contributed by atoms with Gasteiger partial charge in [0.1, 0.15) is 0 Å². The highest BCUT2D eigenvalue weighted by molar-refractivity contribution is 4.86. The molecule has 0 bridgehead atoms. The van der Waals surface area contributed by atoms with Crippen molar-refractivity contribution in [2.45, 2.75) is 40.5 Å². The van der Waals surface area contributed by atoms with Crippen LogP contribution in [0.2, 0.25) is 0 Å². The van der Waals surface area contributed by atoms with Crippen LogP contribution in [0.1, 0.15) is 40.5 Å². The molecule has 3 N–H and O–H groups in total. The number of rotatable bonds is 6. The average molecular weight is 255 g/mol. The Kier molecular flexibility index (Phi) is 5.63. The van der Waals surface area contributed by atoms with Gasteiger partial charge in [0.2, 0.25) is 0 Å². The third kappa shape index (κ3) is 4.87. The van der Waals surface area contributed by atoms with Gasteiger partial charge in [0, 0.05) is 19.6 Å². The first-order valence-corrected chi connectivity index (χ1v) is 7.36. The third-order valence-electron chi connectivity index (χ3n) is 4.47. The fraction of sp³-hybridized carbons (Fsp3) is 1.00. The molecule has 1 fully saturated rings. The van der Waals surface area contributed by atoms with Crippen LogP contribution in [0.25, 0.3) is 0 Å². The van der Waals surface area contributed by atoms with Crippen molar-refractivity contribution in [3.05, 3.63) is 0 Å². The highest BCUT2D eigenvalue weighted by Crippen LogP contribution is 2.33. The van der Waals surface area contributed by atoms with Crippen molar-refractivity contribution >= 4 is 0 Å². The van der Waals surface area contributed by atoms with E-state index in [9.17, 15) is 0 Å². The molecule has 1 aliphatic rings. The Bertz CT molecular complexity index is 248. The van der Waals surface area contributed by atoms with Crippen molar-refractivity contribution < 1.29 is 0 Å². The quantitative estimate of drug-likeness (QED) is 0.762. The summed E-state index contributed by atoms with van der Waals surface area (Å²) < 4.78 is 0. The molecular formula is C15H33N3. The standard InChI is InChI=1S/C15H33N3/c1-14(2,10-16)11-17-12-15(3,4)13-7-6-8-18(5)9-13/h13,17H,6-12,16H2,1-5H3. The molecule has 1 unspecified atom stereocenters. The van der Waals surface area contributed by atoms with Crippen LogP contribution in [0.3, 0.4) is 0 Å². The Morgan fingerprint density at radius 1 is 1.22 bits per heavy atom. The van der Waals surface area contributed by atoms with Crippen LogP contribution in [0, 0.1) is 16.7 Å². The van der Waals surface area contributed by atoms with Crippen molar-refractivity contribution in [1.82, 2.24) is 10.2 Å². The molecule has 0 amide bonds. The monoisotopic (exact) mass is 255 g/mol. The van der Waals surface area contributed by atoms with Gasteiger partial charge >= 0.3 is 0 Å². The highest BCUT2D eigenvalue weighted by atomic mass is 15.1. The number of nitrogens with zero attached hydrogens (tertiary/aromatic N) is 1. The van der Waals surface area contributed by atoms with Gasteiger partial charge in [-0.3, -0.25) is 0 Å². The van der Waals surface area contributed by atoms with E-state index in [0.717, 1.165) is 25.6 Å². The maximum Gasteiger partial charge on any atom is 0.00148 e. The van der Waals surface area contributed by atoms with Gasteiger partial charge in [-0.05, 0) is 49.7 Å². The molecule has 18 heavy (non-hydrogen) atoms. The van der Waals surface area contributed by atoms with Crippen LogP contribution < -0.4 is 11.1 Å². The van der Waals surface area contributed by atoms with Gasteiger partial charge in [0.05, 0.1) is 0 Å². The fourth-order valence-electron chi connectivity index (χ4n) is 2.74. The normalized spacial score (nSPS) is 23.3. The number of piperidine rings is 1. The molecule has 0 aromatic heterocycles. The zero-order chi connectivity index (χ0) is 13.8. The predicted molar refractivity (Wildman–Crippen MR) is 79.7 cm³/mol. The molecule has 0 saturated carbocycles. The molecule has 1 aliphatic heterocycles. The second-order valence-corrected chi connectivity index (χ2v) is 7.56. The number of hydrogen-bond acceptors (Lipinski definition) is 3. The van der Waals surface area contributed by atoms with Gasteiger partial charge in [-0.15, -0.1) is 0 Å². The summed E-state index contributed by atoms with van der Waals surface area (Å²) in [4.78, 5) is 2.47. The van der Waals surface area contributed by atoms with Crippen LogP contribution >= 0.6 is 0 Å². The van der Waals surface area contributed by atoms with E-state index >= 15 is 0 Å². The summed E-state index contributed by atoms with van der Waals surface area (Å²) in [6, 6.07) is 0. The number of hydrogen-bond donors (Lipinski definition) is 2. The molecule has 1 rings (SSSR count). The lowest BCUT2D eigenvalue weighted by molar-refractivity contribution is 0.100. The van der Waals surface area contributed by atoms with Gasteiger partial charge < -0.3 is 16.0 Å². The fourth-order valence-corrected chi connectivity index (χ4v) is 2.74. The minimum atomic E-state index is 0.208. The Morgan fingerprint density at radius 2 is 1.89 bits per heavy atom. The molecule has 1 saturated heterocycles. The van der Waals surface area contributed by atoms with Crippen molar-refractivity contribution in [2.75, 3.05) is 39.8 Å². The molecule has 0 aromatic rings. The van der Waals surface area contributed by atoms with E-state index in [1.54, 1.807) is 0 Å². The zero-order valence-electron chi connectivity index (χ0n) is 13.1. The molecule has 1 atom stereocenters. The Hall–Kier alpha value is -0.120. The van der Waals surface area contributed by atoms with Crippen molar-refractivity contribution in [2.24, 2.45) is 22.5 Å². The summed E-state index contributed by atoms with van der Waals surface area (Å²) in [7, 11) is 2.24. The average Bonchev–Trinajstić information content (AvgIpc) is 2.28. The van der Waals surface area contributed by atoms with E-state index < -0.39 is 0 Å². The molecule has 3 nitrogen and oxygen atoms in total. The van der Waals surface area contributed by atoms with Gasteiger partial charge in [0.25, 0.3) is 0 Å². The summed E-state index contributed by atoms with van der Waals surface area (Å²) in [5.74, 6) is 0.810.